The number of carbonyl (C=O) groups is 1. The van der Waals surface area contributed by atoms with Crippen molar-refractivity contribution in [3.8, 4) is 0 Å². The number of nitrogens with one attached hydrogen (secondary N) is 2. The summed E-state index contributed by atoms with van der Waals surface area (Å²) in [5.41, 5.74) is 0.514. The third kappa shape index (κ3) is 3.39. The number of aromatic amines is 1. The minimum atomic E-state index is -1.14. The highest BCUT2D eigenvalue weighted by Gasteiger charge is 2.19. The highest BCUT2D eigenvalue weighted by Crippen LogP contribution is 2.24. The lowest BCUT2D eigenvalue weighted by molar-refractivity contribution is 0.102. The Balaban J connectivity index is 2.22. The van der Waals surface area contributed by atoms with Crippen molar-refractivity contribution in [2.24, 2.45) is 0 Å². The highest BCUT2D eigenvalue weighted by atomic mass is 35.5. The van der Waals surface area contributed by atoms with Crippen LogP contribution >= 0.6 is 11.6 Å². The quantitative estimate of drug-likeness (QED) is 0.826. The number of benzene rings is 1. The minimum absolute atomic E-state index is 0.157. The molecule has 1 amide bonds. The summed E-state index contributed by atoms with van der Waals surface area (Å²) in [4.78, 5) is 12.0. The summed E-state index contributed by atoms with van der Waals surface area (Å²) in [7, 11) is 0. The lowest BCUT2D eigenvalue weighted by atomic mass is 9.92. The van der Waals surface area contributed by atoms with Gasteiger partial charge < -0.3 is 5.32 Å². The SMILES string of the molecule is CC(C)(C)c1cc(NC(=O)c2cc(F)c(F)cc2Cl)n[nH]1. The van der Waals surface area contributed by atoms with Gasteiger partial charge in [0.25, 0.3) is 5.91 Å². The molecule has 0 spiro atoms. The second-order valence-corrected chi connectivity index (χ2v) is 6.02. The first kappa shape index (κ1) is 15.4. The zero-order chi connectivity index (χ0) is 15.8. The first-order valence-corrected chi connectivity index (χ1v) is 6.58. The molecule has 0 aliphatic heterocycles. The van der Waals surface area contributed by atoms with Crippen LogP contribution in [0.15, 0.2) is 18.2 Å². The molecule has 2 aromatic rings. The van der Waals surface area contributed by atoms with Gasteiger partial charge in [0, 0.05) is 17.2 Å². The molecule has 1 aromatic carbocycles. The topological polar surface area (TPSA) is 57.8 Å². The Labute approximate surface area is 125 Å². The van der Waals surface area contributed by atoms with Crippen LogP contribution in [-0.4, -0.2) is 16.1 Å². The predicted molar refractivity (Wildman–Crippen MR) is 76.6 cm³/mol. The van der Waals surface area contributed by atoms with Gasteiger partial charge in [-0.3, -0.25) is 9.89 Å². The van der Waals surface area contributed by atoms with Crippen LogP contribution in [0.4, 0.5) is 14.6 Å². The number of rotatable bonds is 2. The molecule has 1 aromatic heterocycles. The van der Waals surface area contributed by atoms with E-state index in [-0.39, 0.29) is 21.8 Å². The number of amides is 1. The minimum Gasteiger partial charge on any atom is -0.305 e. The lowest BCUT2D eigenvalue weighted by Crippen LogP contribution is -2.13. The Kier molecular flexibility index (Phi) is 4.00. The van der Waals surface area contributed by atoms with Crippen LogP contribution in [0.3, 0.4) is 0 Å². The number of anilines is 1. The van der Waals surface area contributed by atoms with Gasteiger partial charge in [-0.15, -0.1) is 0 Å². The van der Waals surface area contributed by atoms with Crippen LogP contribution in [0.1, 0.15) is 36.8 Å². The largest absolute Gasteiger partial charge is 0.305 e. The van der Waals surface area contributed by atoms with Gasteiger partial charge in [-0.1, -0.05) is 32.4 Å². The van der Waals surface area contributed by atoms with Gasteiger partial charge in [0.2, 0.25) is 0 Å². The van der Waals surface area contributed by atoms with Gasteiger partial charge >= 0.3 is 0 Å². The Morgan fingerprint density at radius 1 is 1.24 bits per heavy atom. The van der Waals surface area contributed by atoms with Crippen LogP contribution in [0.5, 0.6) is 0 Å². The second kappa shape index (κ2) is 5.44. The number of hydrogen-bond donors (Lipinski definition) is 2. The molecule has 0 saturated heterocycles. The Morgan fingerprint density at radius 3 is 2.43 bits per heavy atom. The van der Waals surface area contributed by atoms with Gasteiger partial charge in [-0.2, -0.15) is 5.10 Å². The Morgan fingerprint density at radius 2 is 1.86 bits per heavy atom. The summed E-state index contributed by atoms with van der Waals surface area (Å²) in [6.07, 6.45) is 0. The molecular formula is C14H14ClF2N3O. The average Bonchev–Trinajstić information content (AvgIpc) is 2.82. The molecule has 7 heteroatoms. The molecule has 2 rings (SSSR count). The van der Waals surface area contributed by atoms with E-state index >= 15 is 0 Å². The molecular weight excluding hydrogens is 300 g/mol. The molecule has 0 radical (unpaired) electrons. The van der Waals surface area contributed by atoms with Gasteiger partial charge in [0.1, 0.15) is 0 Å². The number of nitrogens with zero attached hydrogens (tertiary/aromatic N) is 1. The first-order valence-electron chi connectivity index (χ1n) is 6.20. The van der Waals surface area contributed by atoms with E-state index in [0.29, 0.717) is 0 Å². The molecule has 0 bridgehead atoms. The third-order valence-electron chi connectivity index (χ3n) is 2.88. The van der Waals surface area contributed by atoms with E-state index in [1.54, 1.807) is 6.07 Å². The maximum Gasteiger partial charge on any atom is 0.258 e. The fourth-order valence-electron chi connectivity index (χ4n) is 1.65. The van der Waals surface area contributed by atoms with Crippen molar-refractivity contribution in [2.75, 3.05) is 5.32 Å². The van der Waals surface area contributed by atoms with Crippen LogP contribution in [-0.2, 0) is 5.41 Å². The van der Waals surface area contributed by atoms with Crippen LogP contribution in [0.25, 0.3) is 0 Å². The van der Waals surface area contributed by atoms with Crippen molar-refractivity contribution in [3.63, 3.8) is 0 Å². The molecule has 112 valence electrons. The van der Waals surface area contributed by atoms with Gasteiger partial charge in [0.15, 0.2) is 17.5 Å². The molecule has 21 heavy (non-hydrogen) atoms. The Hall–Kier alpha value is -1.95. The van der Waals surface area contributed by atoms with Crippen molar-refractivity contribution in [3.05, 3.63) is 46.1 Å². The molecule has 4 nitrogen and oxygen atoms in total. The summed E-state index contributed by atoms with van der Waals surface area (Å²) < 4.78 is 26.2. The average molecular weight is 314 g/mol. The van der Waals surface area contributed by atoms with E-state index in [9.17, 15) is 13.6 Å². The van der Waals surface area contributed by atoms with Crippen molar-refractivity contribution in [2.45, 2.75) is 26.2 Å². The zero-order valence-corrected chi connectivity index (χ0v) is 12.5. The molecule has 0 atom stereocenters. The van der Waals surface area contributed by atoms with E-state index in [4.69, 9.17) is 11.6 Å². The number of aromatic nitrogens is 2. The first-order chi connectivity index (χ1) is 9.68. The van der Waals surface area contributed by atoms with E-state index in [0.717, 1.165) is 17.8 Å². The van der Waals surface area contributed by atoms with Gasteiger partial charge in [-0.05, 0) is 12.1 Å². The maximum absolute atomic E-state index is 13.2. The number of carbonyl (C=O) groups excluding carboxylic acids is 1. The monoisotopic (exact) mass is 313 g/mol. The normalized spacial score (nSPS) is 11.5. The highest BCUT2D eigenvalue weighted by molar-refractivity contribution is 6.34. The Bertz CT molecular complexity index is 692. The van der Waals surface area contributed by atoms with Gasteiger partial charge in [-0.25, -0.2) is 8.78 Å². The fourth-order valence-corrected chi connectivity index (χ4v) is 1.89. The molecule has 0 aliphatic rings. The molecule has 0 saturated carbocycles. The van der Waals surface area contributed by atoms with Crippen molar-refractivity contribution in [1.29, 1.82) is 0 Å². The lowest BCUT2D eigenvalue weighted by Gasteiger charge is -2.14. The van der Waals surface area contributed by atoms with Crippen LogP contribution in [0.2, 0.25) is 5.02 Å². The van der Waals surface area contributed by atoms with E-state index < -0.39 is 17.5 Å². The summed E-state index contributed by atoms with van der Waals surface area (Å²) in [6, 6.07) is 3.19. The zero-order valence-electron chi connectivity index (χ0n) is 11.7. The third-order valence-corrected chi connectivity index (χ3v) is 3.19. The van der Waals surface area contributed by atoms with E-state index in [2.05, 4.69) is 15.5 Å². The standard InChI is InChI=1S/C14H14ClF2N3O/c1-14(2,3)11-6-12(20-19-11)18-13(21)7-4-9(16)10(17)5-8(7)15/h4-6H,1-3H3,(H2,18,19,20,21). The summed E-state index contributed by atoms with van der Waals surface area (Å²) in [5, 5.41) is 9.07. The van der Waals surface area contributed by atoms with Crippen LogP contribution < -0.4 is 5.32 Å². The predicted octanol–water partition coefficient (Wildman–Crippen LogP) is 3.89. The van der Waals surface area contributed by atoms with E-state index in [1.165, 1.54) is 0 Å². The maximum atomic E-state index is 13.2. The summed E-state index contributed by atoms with van der Waals surface area (Å²) in [6.45, 7) is 5.95. The molecule has 0 unspecified atom stereocenters. The fraction of sp³-hybridized carbons (Fsp3) is 0.286. The second-order valence-electron chi connectivity index (χ2n) is 5.62. The summed E-state index contributed by atoms with van der Waals surface area (Å²) >= 11 is 5.74. The van der Waals surface area contributed by atoms with Crippen molar-refractivity contribution >= 4 is 23.3 Å². The molecule has 2 N–H and O–H groups in total. The van der Waals surface area contributed by atoms with Crippen LogP contribution in [0, 0.1) is 11.6 Å². The number of hydrogen-bond acceptors (Lipinski definition) is 2. The number of H-pyrrole nitrogens is 1. The van der Waals surface area contributed by atoms with Gasteiger partial charge in [0.05, 0.1) is 10.6 Å². The molecule has 0 aliphatic carbocycles. The van der Waals surface area contributed by atoms with Crippen molar-refractivity contribution < 1.29 is 13.6 Å². The van der Waals surface area contributed by atoms with Crippen molar-refractivity contribution in [1.82, 2.24) is 10.2 Å². The number of halogens is 3. The molecule has 1 heterocycles. The summed E-state index contributed by atoms with van der Waals surface area (Å²) in [5.74, 6) is -2.62. The smallest absolute Gasteiger partial charge is 0.258 e. The molecule has 0 fully saturated rings. The van der Waals surface area contributed by atoms with E-state index in [1.807, 2.05) is 20.8 Å².